The smallest absolute Gasteiger partial charge is 0.257 e. The van der Waals surface area contributed by atoms with E-state index in [1.54, 1.807) is 12.4 Å². The largest absolute Gasteiger partial charge is 0.379 e. The number of hydrogen-bond acceptors (Lipinski definition) is 5. The van der Waals surface area contributed by atoms with E-state index in [4.69, 9.17) is 9.84 Å². The highest BCUT2D eigenvalue weighted by Gasteiger charge is 2.28. The van der Waals surface area contributed by atoms with E-state index in [-0.39, 0.29) is 5.91 Å². The van der Waals surface area contributed by atoms with Gasteiger partial charge >= 0.3 is 0 Å². The lowest BCUT2D eigenvalue weighted by molar-refractivity contribution is 0.0333. The standard InChI is InChI=1S/C16H22N6O2/c1-20-15-2-3-22(16(23)12-8-17-18-9-12)10-13(15)14(19-20)11-21-4-6-24-7-5-21/h8-9H,2-7,10-11H2,1H3,(H,17,18). The summed E-state index contributed by atoms with van der Waals surface area (Å²) in [4.78, 5) is 16.8. The second kappa shape index (κ2) is 6.37. The molecule has 128 valence electrons. The van der Waals surface area contributed by atoms with E-state index in [2.05, 4.69) is 15.1 Å². The molecule has 1 fully saturated rings. The Bertz CT molecular complexity index is 717. The van der Waals surface area contributed by atoms with Gasteiger partial charge in [0, 0.05) is 63.6 Å². The first-order valence-corrected chi connectivity index (χ1v) is 8.34. The maximum absolute atomic E-state index is 12.6. The SMILES string of the molecule is Cn1nc(CN2CCOCC2)c2c1CCN(C(=O)c1cn[nH]c1)C2. The predicted molar refractivity (Wildman–Crippen MR) is 86.3 cm³/mol. The second-order valence-corrected chi connectivity index (χ2v) is 6.35. The highest BCUT2D eigenvalue weighted by molar-refractivity contribution is 5.93. The third-order valence-corrected chi connectivity index (χ3v) is 4.83. The normalized spacial score (nSPS) is 18.6. The van der Waals surface area contributed by atoms with Crippen molar-refractivity contribution in [1.29, 1.82) is 0 Å². The van der Waals surface area contributed by atoms with Gasteiger partial charge in [0.15, 0.2) is 0 Å². The number of carbonyl (C=O) groups is 1. The molecule has 0 saturated carbocycles. The number of hydrogen-bond donors (Lipinski definition) is 1. The molecular formula is C16H22N6O2. The van der Waals surface area contributed by atoms with Gasteiger partial charge < -0.3 is 9.64 Å². The van der Waals surface area contributed by atoms with Crippen LogP contribution in [0.3, 0.4) is 0 Å². The molecule has 24 heavy (non-hydrogen) atoms. The molecule has 0 unspecified atom stereocenters. The zero-order chi connectivity index (χ0) is 16.5. The minimum Gasteiger partial charge on any atom is -0.379 e. The van der Waals surface area contributed by atoms with Crippen LogP contribution in [0.4, 0.5) is 0 Å². The van der Waals surface area contributed by atoms with Gasteiger partial charge in [-0.1, -0.05) is 0 Å². The molecule has 4 rings (SSSR count). The maximum Gasteiger partial charge on any atom is 0.257 e. The Labute approximate surface area is 140 Å². The summed E-state index contributed by atoms with van der Waals surface area (Å²) in [6.45, 7) is 5.58. The van der Waals surface area contributed by atoms with Crippen LogP contribution < -0.4 is 0 Å². The quantitative estimate of drug-likeness (QED) is 0.868. The monoisotopic (exact) mass is 330 g/mol. The van der Waals surface area contributed by atoms with Crippen molar-refractivity contribution in [2.75, 3.05) is 32.8 Å². The van der Waals surface area contributed by atoms with Gasteiger partial charge in [0.05, 0.1) is 30.7 Å². The number of H-pyrrole nitrogens is 1. The van der Waals surface area contributed by atoms with Gasteiger partial charge in [0.1, 0.15) is 0 Å². The molecule has 8 heteroatoms. The Morgan fingerprint density at radius 1 is 1.33 bits per heavy atom. The lowest BCUT2D eigenvalue weighted by Gasteiger charge is -2.29. The van der Waals surface area contributed by atoms with E-state index < -0.39 is 0 Å². The van der Waals surface area contributed by atoms with Crippen molar-refractivity contribution < 1.29 is 9.53 Å². The zero-order valence-corrected chi connectivity index (χ0v) is 13.9. The molecular weight excluding hydrogens is 308 g/mol. The Morgan fingerprint density at radius 3 is 2.92 bits per heavy atom. The van der Waals surface area contributed by atoms with Crippen molar-refractivity contribution in [3.63, 3.8) is 0 Å². The Kier molecular flexibility index (Phi) is 4.07. The molecule has 0 atom stereocenters. The Morgan fingerprint density at radius 2 is 2.17 bits per heavy atom. The minimum atomic E-state index is 0.0237. The van der Waals surface area contributed by atoms with Gasteiger partial charge in [-0.05, 0) is 0 Å². The predicted octanol–water partition coefficient (Wildman–Crippen LogP) is 0.174. The highest BCUT2D eigenvalue weighted by atomic mass is 16.5. The summed E-state index contributed by atoms with van der Waals surface area (Å²) in [5.41, 5.74) is 4.14. The molecule has 1 amide bonds. The van der Waals surface area contributed by atoms with Crippen LogP contribution in [0.25, 0.3) is 0 Å². The molecule has 2 aliphatic rings. The summed E-state index contributed by atoms with van der Waals surface area (Å²) < 4.78 is 7.39. The van der Waals surface area contributed by atoms with Crippen LogP contribution in [0.5, 0.6) is 0 Å². The lowest BCUT2D eigenvalue weighted by Crippen LogP contribution is -2.38. The minimum absolute atomic E-state index is 0.0237. The van der Waals surface area contributed by atoms with Crippen LogP contribution in [-0.4, -0.2) is 68.5 Å². The van der Waals surface area contributed by atoms with Gasteiger partial charge in [-0.25, -0.2) is 0 Å². The van der Waals surface area contributed by atoms with Crippen LogP contribution in [0.1, 0.15) is 27.3 Å². The number of nitrogens with zero attached hydrogens (tertiary/aromatic N) is 5. The van der Waals surface area contributed by atoms with Crippen molar-refractivity contribution in [3.05, 3.63) is 34.9 Å². The fourth-order valence-corrected chi connectivity index (χ4v) is 3.49. The number of amides is 1. The average molecular weight is 330 g/mol. The van der Waals surface area contributed by atoms with E-state index >= 15 is 0 Å². The van der Waals surface area contributed by atoms with E-state index in [0.717, 1.165) is 45.0 Å². The molecule has 0 aromatic carbocycles. The summed E-state index contributed by atoms with van der Waals surface area (Å²) >= 11 is 0. The average Bonchev–Trinajstić information content (AvgIpc) is 3.24. The van der Waals surface area contributed by atoms with Crippen LogP contribution in [0.2, 0.25) is 0 Å². The number of aromatic nitrogens is 4. The lowest BCUT2D eigenvalue weighted by atomic mass is 10.0. The second-order valence-electron chi connectivity index (χ2n) is 6.35. The molecule has 2 aromatic rings. The number of morpholine rings is 1. The van der Waals surface area contributed by atoms with E-state index in [0.29, 0.717) is 18.7 Å². The summed E-state index contributed by atoms with van der Waals surface area (Å²) in [6.07, 6.45) is 4.07. The topological polar surface area (TPSA) is 79.3 Å². The molecule has 1 saturated heterocycles. The van der Waals surface area contributed by atoms with Crippen molar-refractivity contribution in [2.45, 2.75) is 19.5 Å². The van der Waals surface area contributed by atoms with Crippen LogP contribution in [-0.2, 0) is 31.3 Å². The molecule has 2 aromatic heterocycles. The number of nitrogens with one attached hydrogen (secondary N) is 1. The number of carbonyl (C=O) groups excluding carboxylic acids is 1. The third-order valence-electron chi connectivity index (χ3n) is 4.83. The fraction of sp³-hybridized carbons (Fsp3) is 0.562. The first-order chi connectivity index (χ1) is 11.7. The third kappa shape index (κ3) is 2.83. The van der Waals surface area contributed by atoms with Crippen molar-refractivity contribution in [3.8, 4) is 0 Å². The van der Waals surface area contributed by atoms with Gasteiger partial charge in [-0.3, -0.25) is 19.5 Å². The highest BCUT2D eigenvalue weighted by Crippen LogP contribution is 2.24. The molecule has 0 radical (unpaired) electrons. The van der Waals surface area contributed by atoms with Crippen LogP contribution in [0.15, 0.2) is 12.4 Å². The van der Waals surface area contributed by atoms with Crippen molar-refractivity contribution in [1.82, 2.24) is 29.8 Å². The van der Waals surface area contributed by atoms with Gasteiger partial charge in [-0.2, -0.15) is 10.2 Å². The van der Waals surface area contributed by atoms with Crippen LogP contribution in [0, 0.1) is 0 Å². The molecule has 2 aliphatic heterocycles. The first kappa shape index (κ1) is 15.3. The van der Waals surface area contributed by atoms with Crippen molar-refractivity contribution in [2.24, 2.45) is 7.05 Å². The van der Waals surface area contributed by atoms with Gasteiger partial charge in [0.25, 0.3) is 5.91 Å². The number of ether oxygens (including phenoxy) is 1. The van der Waals surface area contributed by atoms with Crippen LogP contribution >= 0.6 is 0 Å². The number of aromatic amines is 1. The summed E-state index contributed by atoms with van der Waals surface area (Å²) in [6, 6.07) is 0. The molecule has 0 spiro atoms. The van der Waals surface area contributed by atoms with E-state index in [1.807, 2.05) is 16.6 Å². The summed E-state index contributed by atoms with van der Waals surface area (Å²) in [7, 11) is 2.00. The summed E-state index contributed by atoms with van der Waals surface area (Å²) in [5, 5.41) is 11.3. The van der Waals surface area contributed by atoms with Gasteiger partial charge in [-0.15, -0.1) is 0 Å². The Balaban J connectivity index is 1.54. The van der Waals surface area contributed by atoms with E-state index in [1.165, 1.54) is 11.3 Å². The summed E-state index contributed by atoms with van der Waals surface area (Å²) in [5.74, 6) is 0.0237. The fourth-order valence-electron chi connectivity index (χ4n) is 3.49. The van der Waals surface area contributed by atoms with E-state index in [9.17, 15) is 4.79 Å². The molecule has 1 N–H and O–H groups in total. The molecule has 4 heterocycles. The maximum atomic E-state index is 12.6. The van der Waals surface area contributed by atoms with Gasteiger partial charge in [0.2, 0.25) is 0 Å². The molecule has 0 aliphatic carbocycles. The number of aryl methyl sites for hydroxylation is 1. The molecule has 8 nitrogen and oxygen atoms in total. The Hall–Kier alpha value is -2.19. The van der Waals surface area contributed by atoms with Crippen molar-refractivity contribution >= 4 is 5.91 Å². The number of rotatable bonds is 3. The first-order valence-electron chi connectivity index (χ1n) is 8.34. The molecule has 0 bridgehead atoms. The zero-order valence-electron chi connectivity index (χ0n) is 13.9. The number of fused-ring (bicyclic) bond motifs is 1.